The van der Waals surface area contributed by atoms with E-state index in [1.54, 1.807) is 13.0 Å². The van der Waals surface area contributed by atoms with E-state index in [0.29, 0.717) is 22.7 Å². The Bertz CT molecular complexity index is 1470. The van der Waals surface area contributed by atoms with Crippen molar-refractivity contribution in [3.05, 3.63) is 68.0 Å². The molecule has 1 unspecified atom stereocenters. The van der Waals surface area contributed by atoms with Gasteiger partial charge in [-0.25, -0.2) is 4.79 Å². The van der Waals surface area contributed by atoms with Crippen LogP contribution in [0.5, 0.6) is 0 Å². The molecule has 5 heterocycles. The highest BCUT2D eigenvalue weighted by Gasteiger charge is 2.26. The molecule has 7 rings (SSSR count). The van der Waals surface area contributed by atoms with Gasteiger partial charge in [-0.3, -0.25) is 4.79 Å². The number of nitrogens with two attached hydrogens (primary N) is 2. The number of hydrogen-bond donors (Lipinski definition) is 4. The number of carboxylic acid groups (broad SMARTS) is 1. The number of thiophene rings is 1. The molecule has 3 fully saturated rings. The lowest BCUT2D eigenvalue weighted by atomic mass is 9.98. The largest absolute Gasteiger partial charge is 0.477 e. The monoisotopic (exact) mass is 813 g/mol. The fourth-order valence-electron chi connectivity index (χ4n) is 5.60. The number of ketones is 1. The van der Waals surface area contributed by atoms with Gasteiger partial charge in [0, 0.05) is 56.2 Å². The number of aromatic nitrogens is 1. The fourth-order valence-corrected chi connectivity index (χ4v) is 7.41. The molecule has 0 aliphatic carbocycles. The van der Waals surface area contributed by atoms with Crippen molar-refractivity contribution in [3.8, 4) is 0 Å². The summed E-state index contributed by atoms with van der Waals surface area (Å²) >= 11 is 8.00. The summed E-state index contributed by atoms with van der Waals surface area (Å²) in [4.78, 5) is 30.2. The molecule has 13 heteroatoms. The average molecular weight is 816 g/mol. The molecule has 0 radical (unpaired) electrons. The number of benzene rings is 2. The number of hydrogen-bond acceptors (Lipinski definition) is 8. The smallest absolute Gasteiger partial charge is 0.345 e. The Kier molecular flexibility index (Phi) is 16.3. The molecule has 6 N–H and O–H groups in total. The highest BCUT2D eigenvalue weighted by Crippen LogP contribution is 2.28. The first kappa shape index (κ1) is 39.6. The second kappa shape index (κ2) is 19.4. The number of piperidine rings is 2. The third-order valence-corrected chi connectivity index (χ3v) is 10.5. The van der Waals surface area contributed by atoms with Gasteiger partial charge in [0.2, 0.25) is 0 Å². The Balaban J connectivity index is 0.000000174. The molecule has 1 atom stereocenters. The van der Waals surface area contributed by atoms with Gasteiger partial charge in [0.25, 0.3) is 0 Å². The Morgan fingerprint density at radius 3 is 2.09 bits per heavy atom. The maximum Gasteiger partial charge on any atom is 0.345 e. The van der Waals surface area contributed by atoms with Crippen molar-refractivity contribution in [2.75, 3.05) is 46.4 Å². The van der Waals surface area contributed by atoms with E-state index in [-0.39, 0.29) is 18.2 Å². The van der Waals surface area contributed by atoms with Crippen LogP contribution >= 0.6 is 55.6 Å². The van der Waals surface area contributed by atoms with Crippen LogP contribution in [0.25, 0.3) is 21.0 Å². The van der Waals surface area contributed by atoms with Crippen molar-refractivity contribution >= 4 is 88.3 Å². The minimum atomic E-state index is -0.864. The van der Waals surface area contributed by atoms with Gasteiger partial charge >= 0.3 is 5.97 Å². The van der Waals surface area contributed by atoms with Crippen LogP contribution in [0.4, 0.5) is 0 Å². The summed E-state index contributed by atoms with van der Waals surface area (Å²) in [7, 11) is 2.22. The first-order valence-electron chi connectivity index (χ1n) is 15.7. The van der Waals surface area contributed by atoms with E-state index >= 15 is 0 Å². The van der Waals surface area contributed by atoms with Crippen molar-refractivity contribution in [1.29, 1.82) is 0 Å². The summed E-state index contributed by atoms with van der Waals surface area (Å²) in [5, 5.41) is 10.8. The number of aromatic carboxylic acids is 1. The highest BCUT2D eigenvalue weighted by atomic mass is 79.9. The number of carboxylic acids is 1. The zero-order chi connectivity index (χ0) is 33.2. The lowest BCUT2D eigenvalue weighted by molar-refractivity contribution is 0.0702. The number of carbonyl (C=O) groups is 2. The minimum Gasteiger partial charge on any atom is -0.477 e. The van der Waals surface area contributed by atoms with Crippen LogP contribution < -0.4 is 11.5 Å². The number of Topliss-reactive ketones (excluding diaryl/α,β-unsaturated/α-hetero) is 1. The van der Waals surface area contributed by atoms with Crippen LogP contribution in [0.2, 0.25) is 0 Å². The Morgan fingerprint density at radius 2 is 1.53 bits per heavy atom. The zero-order valence-electron chi connectivity index (χ0n) is 26.9. The number of nitrogens with one attached hydrogen (secondary N) is 1. The molecule has 3 aliphatic rings. The average Bonchev–Trinajstić information content (AvgIpc) is 3.78. The van der Waals surface area contributed by atoms with E-state index in [1.165, 1.54) is 63.2 Å². The van der Waals surface area contributed by atoms with Crippen LogP contribution in [0.3, 0.4) is 0 Å². The van der Waals surface area contributed by atoms with Crippen molar-refractivity contribution in [2.24, 2.45) is 11.5 Å². The van der Waals surface area contributed by atoms with Gasteiger partial charge in [0.15, 0.2) is 5.78 Å². The van der Waals surface area contributed by atoms with Crippen LogP contribution in [0.15, 0.2) is 57.5 Å². The summed E-state index contributed by atoms with van der Waals surface area (Å²) in [6.07, 6.45) is 6.15. The topological polar surface area (TPSA) is 138 Å². The number of likely N-dealkylation sites (tertiary alicyclic amines) is 2. The van der Waals surface area contributed by atoms with Crippen LogP contribution in [0, 0.1) is 0 Å². The number of halogens is 3. The van der Waals surface area contributed by atoms with Crippen LogP contribution in [-0.4, -0.2) is 96.2 Å². The predicted octanol–water partition coefficient (Wildman–Crippen LogP) is 7.15. The zero-order valence-corrected chi connectivity index (χ0v) is 31.7. The molecule has 3 saturated heterocycles. The summed E-state index contributed by atoms with van der Waals surface area (Å²) in [5.74, 6) is -0.801. The quantitative estimate of drug-likeness (QED) is 0.160. The molecule has 2 aromatic carbocycles. The molecule has 0 saturated carbocycles. The summed E-state index contributed by atoms with van der Waals surface area (Å²) < 4.78 is 7.91. The Labute approximate surface area is 304 Å². The third kappa shape index (κ3) is 12.5. The molecule has 258 valence electrons. The molecule has 47 heavy (non-hydrogen) atoms. The molecule has 9 nitrogen and oxygen atoms in total. The second-order valence-corrected chi connectivity index (χ2v) is 15.0. The first-order chi connectivity index (χ1) is 22.0. The molecule has 0 spiro atoms. The number of fused-ring (bicyclic) bond motifs is 2. The fraction of sp³-hybridized carbons (Fsp3) is 0.471. The van der Waals surface area contributed by atoms with E-state index in [1.807, 2.05) is 42.5 Å². The van der Waals surface area contributed by atoms with E-state index in [9.17, 15) is 9.59 Å². The SMILES string of the molecule is CC(=O)c1cc2ccc(Br)cc2[nH]1.CN1CCC(N2CCC(N)CC2)CC1.Cl.NC1CCOC1.O=C(O)c1cc2ccc(Br)cc2s1. The number of aromatic amines is 1. The molecule has 0 amide bonds. The van der Waals surface area contributed by atoms with E-state index in [2.05, 4.69) is 53.7 Å². The number of H-pyrrole nitrogens is 1. The van der Waals surface area contributed by atoms with Crippen LogP contribution in [0.1, 0.15) is 59.2 Å². The van der Waals surface area contributed by atoms with Crippen molar-refractivity contribution in [3.63, 3.8) is 0 Å². The number of ether oxygens (including phenoxy) is 1. The van der Waals surface area contributed by atoms with Gasteiger partial charge in [-0.2, -0.15) is 0 Å². The Hall–Kier alpha value is -1.87. The minimum absolute atomic E-state index is 0. The highest BCUT2D eigenvalue weighted by molar-refractivity contribution is 9.10. The molecular weight excluding hydrogens is 770 g/mol. The first-order valence-corrected chi connectivity index (χ1v) is 18.1. The molecule has 0 bridgehead atoms. The maximum atomic E-state index is 11.1. The predicted molar refractivity (Wildman–Crippen MR) is 202 cm³/mol. The van der Waals surface area contributed by atoms with Gasteiger partial charge < -0.3 is 36.1 Å². The maximum absolute atomic E-state index is 11.1. The van der Waals surface area contributed by atoms with Crippen molar-refractivity contribution in [2.45, 2.75) is 57.2 Å². The summed E-state index contributed by atoms with van der Waals surface area (Å²) in [6.45, 7) is 8.19. The number of carbonyl (C=O) groups excluding carboxylic acids is 1. The van der Waals surface area contributed by atoms with Gasteiger partial charge in [0.05, 0.1) is 12.3 Å². The lowest BCUT2D eigenvalue weighted by Gasteiger charge is -2.40. The summed E-state index contributed by atoms with van der Waals surface area (Å²) in [6, 6.07) is 16.8. The second-order valence-electron chi connectivity index (χ2n) is 12.1. The van der Waals surface area contributed by atoms with Gasteiger partial charge in [-0.15, -0.1) is 23.7 Å². The molecule has 2 aromatic heterocycles. The normalized spacial score (nSPS) is 19.1. The standard InChI is InChI=1S/C11H23N3.C10H8BrNO.C9H5BrO2S.C4H9NO.ClH/c1-13-6-4-11(5-7-13)14-8-2-10(12)3-9-14;1-6(13)9-4-7-2-3-8(11)5-10(7)12-9;10-6-2-1-5-3-8(9(11)12)13-7(5)4-6;5-4-1-2-6-3-4;/h10-11H,2-9,12H2,1H3;2-5,12H,1H3;1-4H,(H,11,12);4H,1-3,5H2;1H. The molecule has 4 aromatic rings. The number of nitrogens with zero attached hydrogens (tertiary/aromatic N) is 2. The molecular formula is C34H46Br2ClN5O4S. The van der Waals surface area contributed by atoms with Gasteiger partial charge in [-0.1, -0.05) is 44.0 Å². The van der Waals surface area contributed by atoms with E-state index in [4.69, 9.17) is 21.3 Å². The van der Waals surface area contributed by atoms with E-state index < -0.39 is 5.97 Å². The van der Waals surface area contributed by atoms with E-state index in [0.717, 1.165) is 55.6 Å². The van der Waals surface area contributed by atoms with Gasteiger partial charge in [0.1, 0.15) is 4.88 Å². The van der Waals surface area contributed by atoms with Crippen LogP contribution in [-0.2, 0) is 4.74 Å². The Morgan fingerprint density at radius 1 is 0.894 bits per heavy atom. The van der Waals surface area contributed by atoms with Crippen molar-refractivity contribution in [1.82, 2.24) is 14.8 Å². The number of rotatable bonds is 3. The lowest BCUT2D eigenvalue weighted by Crippen LogP contribution is -2.48. The molecule has 3 aliphatic heterocycles. The summed E-state index contributed by atoms with van der Waals surface area (Å²) in [5.41, 5.74) is 13.0. The third-order valence-electron chi connectivity index (χ3n) is 8.40. The van der Waals surface area contributed by atoms with Gasteiger partial charge in [-0.05, 0) is 107 Å². The van der Waals surface area contributed by atoms with Crippen molar-refractivity contribution < 1.29 is 19.4 Å².